The van der Waals surface area contributed by atoms with Gasteiger partial charge in [-0.15, -0.1) is 0 Å². The predicted octanol–water partition coefficient (Wildman–Crippen LogP) is 4.06. The van der Waals surface area contributed by atoms with Crippen molar-refractivity contribution < 1.29 is 0 Å². The number of nitrogens with zero attached hydrogens (tertiary/aromatic N) is 3. The van der Waals surface area contributed by atoms with E-state index in [0.717, 1.165) is 36.6 Å². The zero-order valence-corrected chi connectivity index (χ0v) is 14.2. The molecule has 2 heterocycles. The molecule has 0 bridgehead atoms. The highest BCUT2D eigenvalue weighted by Gasteiger charge is 2.12. The van der Waals surface area contributed by atoms with Crippen LogP contribution in [0.5, 0.6) is 0 Å². The van der Waals surface area contributed by atoms with E-state index in [1.54, 1.807) is 6.20 Å². The van der Waals surface area contributed by atoms with Crippen LogP contribution in [0.2, 0.25) is 0 Å². The SMILES string of the molecule is CCc1c(C)nc(-c2ccccn2)nc1NCCc1ccccc1. The number of nitrogens with one attached hydrogen (secondary N) is 1. The van der Waals surface area contributed by atoms with Crippen LogP contribution in [0.1, 0.15) is 23.7 Å². The summed E-state index contributed by atoms with van der Waals surface area (Å²) < 4.78 is 0. The third kappa shape index (κ3) is 3.77. The van der Waals surface area contributed by atoms with Crippen molar-refractivity contribution in [2.75, 3.05) is 11.9 Å². The zero-order valence-electron chi connectivity index (χ0n) is 14.2. The molecule has 0 amide bonds. The Kier molecular flexibility index (Phi) is 5.16. The molecule has 2 aromatic heterocycles. The summed E-state index contributed by atoms with van der Waals surface area (Å²) >= 11 is 0. The van der Waals surface area contributed by atoms with Gasteiger partial charge in [0.1, 0.15) is 11.5 Å². The molecule has 0 saturated carbocycles. The molecule has 122 valence electrons. The van der Waals surface area contributed by atoms with Crippen molar-refractivity contribution in [1.82, 2.24) is 15.0 Å². The van der Waals surface area contributed by atoms with E-state index in [1.807, 2.05) is 31.2 Å². The second kappa shape index (κ2) is 7.68. The van der Waals surface area contributed by atoms with Crippen LogP contribution in [0.15, 0.2) is 54.7 Å². The number of anilines is 1. The molecule has 0 spiro atoms. The molecule has 0 aliphatic heterocycles. The van der Waals surface area contributed by atoms with E-state index in [-0.39, 0.29) is 0 Å². The van der Waals surface area contributed by atoms with Gasteiger partial charge in [-0.2, -0.15) is 0 Å². The summed E-state index contributed by atoms with van der Waals surface area (Å²) in [6.45, 7) is 5.01. The quantitative estimate of drug-likeness (QED) is 0.744. The maximum Gasteiger partial charge on any atom is 0.180 e. The molecule has 3 rings (SSSR count). The van der Waals surface area contributed by atoms with Crippen LogP contribution in [0.3, 0.4) is 0 Å². The van der Waals surface area contributed by atoms with Crippen LogP contribution in [-0.4, -0.2) is 21.5 Å². The van der Waals surface area contributed by atoms with Crippen LogP contribution in [0.4, 0.5) is 5.82 Å². The predicted molar refractivity (Wildman–Crippen MR) is 98.0 cm³/mol. The summed E-state index contributed by atoms with van der Waals surface area (Å²) in [6, 6.07) is 16.3. The van der Waals surface area contributed by atoms with E-state index in [1.165, 1.54) is 11.1 Å². The minimum absolute atomic E-state index is 0.674. The van der Waals surface area contributed by atoms with Gasteiger partial charge < -0.3 is 5.32 Å². The van der Waals surface area contributed by atoms with Crippen LogP contribution >= 0.6 is 0 Å². The number of benzene rings is 1. The van der Waals surface area contributed by atoms with Gasteiger partial charge in [-0.1, -0.05) is 43.3 Å². The molecule has 0 fully saturated rings. The third-order valence-electron chi connectivity index (χ3n) is 4.01. The molecule has 0 radical (unpaired) electrons. The van der Waals surface area contributed by atoms with Crippen molar-refractivity contribution in [2.45, 2.75) is 26.7 Å². The third-order valence-corrected chi connectivity index (χ3v) is 4.01. The molecule has 0 unspecified atom stereocenters. The Balaban J connectivity index is 1.81. The lowest BCUT2D eigenvalue weighted by Crippen LogP contribution is -2.11. The second-order valence-corrected chi connectivity index (χ2v) is 5.69. The first-order valence-corrected chi connectivity index (χ1v) is 8.34. The first-order chi connectivity index (χ1) is 11.8. The lowest BCUT2D eigenvalue weighted by molar-refractivity contribution is 0.954. The van der Waals surface area contributed by atoms with Crippen molar-refractivity contribution >= 4 is 5.82 Å². The van der Waals surface area contributed by atoms with Gasteiger partial charge in [0.25, 0.3) is 0 Å². The fourth-order valence-corrected chi connectivity index (χ4v) is 2.75. The van der Waals surface area contributed by atoms with Crippen molar-refractivity contribution in [3.63, 3.8) is 0 Å². The summed E-state index contributed by atoms with van der Waals surface area (Å²) in [5.74, 6) is 1.59. The standard InChI is InChI=1S/C20H22N4/c1-3-17-15(2)23-20(18-11-7-8-13-21-18)24-19(17)22-14-12-16-9-5-4-6-10-16/h4-11,13H,3,12,14H2,1-2H3,(H,22,23,24). The largest absolute Gasteiger partial charge is 0.369 e. The molecule has 0 atom stereocenters. The van der Waals surface area contributed by atoms with Crippen LogP contribution < -0.4 is 5.32 Å². The molecule has 4 nitrogen and oxygen atoms in total. The van der Waals surface area contributed by atoms with Crippen molar-refractivity contribution in [3.8, 4) is 11.5 Å². The Morgan fingerprint density at radius 2 is 1.75 bits per heavy atom. The minimum Gasteiger partial charge on any atom is -0.369 e. The highest BCUT2D eigenvalue weighted by atomic mass is 15.0. The van der Waals surface area contributed by atoms with E-state index < -0.39 is 0 Å². The van der Waals surface area contributed by atoms with Crippen molar-refractivity contribution in [1.29, 1.82) is 0 Å². The van der Waals surface area contributed by atoms with E-state index in [4.69, 9.17) is 4.98 Å². The number of rotatable bonds is 6. The first-order valence-electron chi connectivity index (χ1n) is 8.34. The van der Waals surface area contributed by atoms with Gasteiger partial charge in [0.2, 0.25) is 0 Å². The van der Waals surface area contributed by atoms with Gasteiger partial charge in [-0.25, -0.2) is 9.97 Å². The molecule has 24 heavy (non-hydrogen) atoms. The monoisotopic (exact) mass is 318 g/mol. The van der Waals surface area contributed by atoms with Crippen molar-refractivity contribution in [3.05, 3.63) is 71.5 Å². The molecule has 3 aromatic rings. The summed E-state index contributed by atoms with van der Waals surface area (Å²) in [6.07, 6.45) is 3.64. The minimum atomic E-state index is 0.674. The molecule has 0 aliphatic carbocycles. The number of aryl methyl sites for hydroxylation is 1. The first kappa shape index (κ1) is 16.1. The maximum absolute atomic E-state index is 4.72. The maximum atomic E-state index is 4.72. The molecular weight excluding hydrogens is 296 g/mol. The summed E-state index contributed by atoms with van der Waals surface area (Å²) in [5.41, 5.74) is 4.30. The van der Waals surface area contributed by atoms with E-state index in [9.17, 15) is 0 Å². The van der Waals surface area contributed by atoms with E-state index in [2.05, 4.69) is 46.5 Å². The number of hydrogen-bond acceptors (Lipinski definition) is 4. The zero-order chi connectivity index (χ0) is 16.8. The number of hydrogen-bond donors (Lipinski definition) is 1. The smallest absolute Gasteiger partial charge is 0.180 e. The fourth-order valence-electron chi connectivity index (χ4n) is 2.75. The van der Waals surface area contributed by atoms with Crippen molar-refractivity contribution in [2.24, 2.45) is 0 Å². The fraction of sp³-hybridized carbons (Fsp3) is 0.250. The summed E-state index contributed by atoms with van der Waals surface area (Å²) in [5, 5.41) is 3.48. The van der Waals surface area contributed by atoms with Gasteiger partial charge in [-0.3, -0.25) is 4.98 Å². The lowest BCUT2D eigenvalue weighted by atomic mass is 10.1. The summed E-state index contributed by atoms with van der Waals surface area (Å²) in [4.78, 5) is 13.7. The molecule has 0 aliphatic rings. The molecule has 4 heteroatoms. The number of pyridine rings is 1. The average molecular weight is 318 g/mol. The Bertz CT molecular complexity index is 785. The van der Waals surface area contributed by atoms with E-state index >= 15 is 0 Å². The van der Waals surface area contributed by atoms with Gasteiger partial charge in [0, 0.05) is 24.0 Å². The highest BCUT2D eigenvalue weighted by molar-refractivity contribution is 5.56. The highest BCUT2D eigenvalue weighted by Crippen LogP contribution is 2.21. The Morgan fingerprint density at radius 3 is 2.46 bits per heavy atom. The normalized spacial score (nSPS) is 10.6. The van der Waals surface area contributed by atoms with Crippen LogP contribution in [0, 0.1) is 6.92 Å². The molecule has 1 N–H and O–H groups in total. The van der Waals surface area contributed by atoms with Gasteiger partial charge in [-0.05, 0) is 37.5 Å². The van der Waals surface area contributed by atoms with Gasteiger partial charge in [0.15, 0.2) is 5.82 Å². The second-order valence-electron chi connectivity index (χ2n) is 5.69. The Hall–Kier alpha value is -2.75. The topological polar surface area (TPSA) is 50.7 Å². The Morgan fingerprint density at radius 1 is 0.958 bits per heavy atom. The summed E-state index contributed by atoms with van der Waals surface area (Å²) in [7, 11) is 0. The Labute approximate surface area is 143 Å². The van der Waals surface area contributed by atoms with E-state index in [0.29, 0.717) is 5.82 Å². The van der Waals surface area contributed by atoms with Gasteiger partial charge >= 0.3 is 0 Å². The number of aromatic nitrogens is 3. The van der Waals surface area contributed by atoms with Crippen LogP contribution in [0.25, 0.3) is 11.5 Å². The van der Waals surface area contributed by atoms with Crippen LogP contribution in [-0.2, 0) is 12.8 Å². The molecular formula is C20H22N4. The van der Waals surface area contributed by atoms with Gasteiger partial charge in [0.05, 0.1) is 0 Å². The lowest BCUT2D eigenvalue weighted by Gasteiger charge is -2.14. The molecule has 1 aromatic carbocycles. The average Bonchev–Trinajstić information content (AvgIpc) is 2.63. The molecule has 0 saturated heterocycles.